The Kier molecular flexibility index (Phi) is 5.21. The minimum absolute atomic E-state index is 0.200. The molecule has 16 heavy (non-hydrogen) atoms. The lowest BCUT2D eigenvalue weighted by atomic mass is 9.87. The molecule has 0 radical (unpaired) electrons. The van der Waals surface area contributed by atoms with Crippen LogP contribution < -0.4 is 5.32 Å². The molecular weight excluding hydrogens is 224 g/mol. The van der Waals surface area contributed by atoms with Crippen molar-refractivity contribution < 1.29 is 8.42 Å². The largest absolute Gasteiger partial charge is 0.319 e. The van der Waals surface area contributed by atoms with E-state index in [1.807, 2.05) is 0 Å². The molecule has 0 aromatic rings. The molecule has 0 bridgehead atoms. The van der Waals surface area contributed by atoms with Crippen molar-refractivity contribution in [3.63, 3.8) is 0 Å². The lowest BCUT2D eigenvalue weighted by Crippen LogP contribution is -2.41. The van der Waals surface area contributed by atoms with Gasteiger partial charge in [0.25, 0.3) is 0 Å². The number of hydrogen-bond donors (Lipinski definition) is 1. The summed E-state index contributed by atoms with van der Waals surface area (Å²) in [5, 5.41) is 2.88. The lowest BCUT2D eigenvalue weighted by molar-refractivity contribution is 0.246. The van der Waals surface area contributed by atoms with Crippen LogP contribution in [0.4, 0.5) is 0 Å². The van der Waals surface area contributed by atoms with Gasteiger partial charge in [0.1, 0.15) is 0 Å². The Hall–Kier alpha value is -0.130. The first kappa shape index (κ1) is 13.9. The molecule has 0 heterocycles. The Morgan fingerprint density at radius 1 is 1.25 bits per heavy atom. The molecule has 1 N–H and O–H groups in total. The van der Waals surface area contributed by atoms with E-state index in [0.29, 0.717) is 6.54 Å². The van der Waals surface area contributed by atoms with Gasteiger partial charge in [0, 0.05) is 19.6 Å². The SMILES string of the molecule is CNCCS(=O)(=O)N(C)C1CCC(C)CC1. The Labute approximate surface area is 99.5 Å². The fourth-order valence-corrected chi connectivity index (χ4v) is 3.62. The summed E-state index contributed by atoms with van der Waals surface area (Å²) in [7, 11) is 0.435. The van der Waals surface area contributed by atoms with Crippen molar-refractivity contribution in [3.05, 3.63) is 0 Å². The van der Waals surface area contributed by atoms with E-state index < -0.39 is 10.0 Å². The molecule has 1 aliphatic carbocycles. The monoisotopic (exact) mass is 248 g/mol. The van der Waals surface area contributed by atoms with Crippen molar-refractivity contribution in [1.29, 1.82) is 0 Å². The van der Waals surface area contributed by atoms with E-state index in [1.165, 1.54) is 0 Å². The highest BCUT2D eigenvalue weighted by atomic mass is 32.2. The van der Waals surface area contributed by atoms with Gasteiger partial charge in [0.05, 0.1) is 5.75 Å². The number of nitrogens with zero attached hydrogens (tertiary/aromatic N) is 1. The van der Waals surface area contributed by atoms with E-state index in [2.05, 4.69) is 12.2 Å². The third-order valence-electron chi connectivity index (χ3n) is 3.55. The normalized spacial score (nSPS) is 27.2. The zero-order chi connectivity index (χ0) is 12.2. The summed E-state index contributed by atoms with van der Waals surface area (Å²) in [6, 6.07) is 0.220. The molecule has 1 aliphatic rings. The zero-order valence-corrected chi connectivity index (χ0v) is 11.4. The van der Waals surface area contributed by atoms with Gasteiger partial charge in [-0.1, -0.05) is 6.92 Å². The van der Waals surface area contributed by atoms with E-state index in [-0.39, 0.29) is 11.8 Å². The molecule has 0 unspecified atom stereocenters. The minimum Gasteiger partial charge on any atom is -0.319 e. The highest BCUT2D eigenvalue weighted by molar-refractivity contribution is 7.89. The van der Waals surface area contributed by atoms with E-state index in [4.69, 9.17) is 0 Å². The van der Waals surface area contributed by atoms with Gasteiger partial charge < -0.3 is 5.32 Å². The third kappa shape index (κ3) is 3.71. The Morgan fingerprint density at radius 3 is 2.31 bits per heavy atom. The van der Waals surface area contributed by atoms with Gasteiger partial charge >= 0.3 is 0 Å². The topological polar surface area (TPSA) is 49.4 Å². The van der Waals surface area contributed by atoms with Crippen molar-refractivity contribution in [2.75, 3.05) is 26.4 Å². The first-order valence-electron chi connectivity index (χ1n) is 6.07. The fraction of sp³-hybridized carbons (Fsp3) is 1.00. The first-order valence-corrected chi connectivity index (χ1v) is 7.68. The Balaban J connectivity index is 2.52. The minimum atomic E-state index is -3.07. The molecule has 1 rings (SSSR count). The molecule has 0 saturated heterocycles. The van der Waals surface area contributed by atoms with Crippen LogP contribution in [0.3, 0.4) is 0 Å². The van der Waals surface area contributed by atoms with Crippen molar-refractivity contribution in [2.45, 2.75) is 38.6 Å². The van der Waals surface area contributed by atoms with Gasteiger partial charge in [-0.25, -0.2) is 12.7 Å². The molecule has 1 saturated carbocycles. The Morgan fingerprint density at radius 2 is 1.81 bits per heavy atom. The highest BCUT2D eigenvalue weighted by Crippen LogP contribution is 2.27. The zero-order valence-electron chi connectivity index (χ0n) is 10.6. The predicted octanol–water partition coefficient (Wildman–Crippen LogP) is 1.05. The maximum absolute atomic E-state index is 12.0. The van der Waals surface area contributed by atoms with Crippen LogP contribution in [0.2, 0.25) is 0 Å². The maximum atomic E-state index is 12.0. The molecule has 0 aromatic carbocycles. The standard InChI is InChI=1S/C11H24N2O2S/c1-10-4-6-11(7-5-10)13(3)16(14,15)9-8-12-2/h10-12H,4-9H2,1-3H3. The molecular formula is C11H24N2O2S. The lowest BCUT2D eigenvalue weighted by Gasteiger charge is -2.32. The second kappa shape index (κ2) is 5.98. The molecule has 96 valence electrons. The summed E-state index contributed by atoms with van der Waals surface area (Å²) < 4.78 is 25.5. The van der Waals surface area contributed by atoms with Crippen LogP contribution in [0, 0.1) is 5.92 Å². The Bertz CT molecular complexity index is 295. The van der Waals surface area contributed by atoms with Gasteiger partial charge in [-0.3, -0.25) is 0 Å². The number of nitrogens with one attached hydrogen (secondary N) is 1. The summed E-state index contributed by atoms with van der Waals surface area (Å²) in [6.45, 7) is 2.77. The van der Waals surface area contributed by atoms with Crippen LogP contribution >= 0.6 is 0 Å². The average Bonchev–Trinajstić information content (AvgIpc) is 2.26. The van der Waals surface area contributed by atoms with Crippen LogP contribution in [-0.4, -0.2) is 45.2 Å². The van der Waals surface area contributed by atoms with Gasteiger partial charge in [0.2, 0.25) is 10.0 Å². The fourth-order valence-electron chi connectivity index (χ4n) is 2.21. The van der Waals surface area contributed by atoms with Crippen molar-refractivity contribution in [2.24, 2.45) is 5.92 Å². The summed E-state index contributed by atoms with van der Waals surface area (Å²) in [5.41, 5.74) is 0. The van der Waals surface area contributed by atoms with Crippen molar-refractivity contribution >= 4 is 10.0 Å². The van der Waals surface area contributed by atoms with Crippen molar-refractivity contribution in [3.8, 4) is 0 Å². The van der Waals surface area contributed by atoms with Gasteiger partial charge in [-0.2, -0.15) is 0 Å². The van der Waals surface area contributed by atoms with E-state index in [0.717, 1.165) is 31.6 Å². The average molecular weight is 248 g/mol. The highest BCUT2D eigenvalue weighted by Gasteiger charge is 2.28. The number of hydrogen-bond acceptors (Lipinski definition) is 3. The second-order valence-electron chi connectivity index (χ2n) is 4.85. The summed E-state index contributed by atoms with van der Waals surface area (Å²) >= 11 is 0. The molecule has 0 aromatic heterocycles. The number of sulfonamides is 1. The first-order chi connectivity index (χ1) is 7.47. The van der Waals surface area contributed by atoms with Gasteiger partial charge in [-0.15, -0.1) is 0 Å². The van der Waals surface area contributed by atoms with Crippen LogP contribution in [0.25, 0.3) is 0 Å². The number of rotatable bonds is 5. The smallest absolute Gasteiger partial charge is 0.215 e. The van der Waals surface area contributed by atoms with E-state index in [1.54, 1.807) is 18.4 Å². The summed E-state index contributed by atoms with van der Waals surface area (Å²) in [5.74, 6) is 0.955. The molecule has 0 atom stereocenters. The third-order valence-corrected chi connectivity index (χ3v) is 5.44. The van der Waals surface area contributed by atoms with Crippen molar-refractivity contribution in [1.82, 2.24) is 9.62 Å². The predicted molar refractivity (Wildman–Crippen MR) is 66.9 cm³/mol. The van der Waals surface area contributed by atoms with Gasteiger partial charge in [-0.05, 0) is 38.6 Å². The van der Waals surface area contributed by atoms with Crippen LogP contribution in [0.5, 0.6) is 0 Å². The molecule has 5 heteroatoms. The van der Waals surface area contributed by atoms with Crippen LogP contribution in [0.15, 0.2) is 0 Å². The second-order valence-corrected chi connectivity index (χ2v) is 7.00. The van der Waals surface area contributed by atoms with Crippen LogP contribution in [0.1, 0.15) is 32.6 Å². The summed E-state index contributed by atoms with van der Waals surface area (Å²) in [4.78, 5) is 0. The van der Waals surface area contributed by atoms with Crippen LogP contribution in [-0.2, 0) is 10.0 Å². The molecule has 1 fully saturated rings. The molecule has 0 aliphatic heterocycles. The quantitative estimate of drug-likeness (QED) is 0.791. The van der Waals surface area contributed by atoms with E-state index in [9.17, 15) is 8.42 Å². The summed E-state index contributed by atoms with van der Waals surface area (Å²) in [6.07, 6.45) is 4.32. The maximum Gasteiger partial charge on any atom is 0.215 e. The molecule has 0 amide bonds. The van der Waals surface area contributed by atoms with Gasteiger partial charge in [0.15, 0.2) is 0 Å². The molecule has 0 spiro atoms. The molecule has 4 nitrogen and oxygen atoms in total. The van der Waals surface area contributed by atoms with E-state index >= 15 is 0 Å².